The Balaban J connectivity index is 3.24. The maximum absolute atomic E-state index is 12.6. The molecule has 1 aromatic rings. The number of nitrogens with zero attached hydrogens (tertiary/aromatic N) is 1. The molecule has 0 saturated carbocycles. The number of alkyl halides is 2. The number of sulfonamides is 1. The summed E-state index contributed by atoms with van der Waals surface area (Å²) in [5.74, 6) is -0.785. The van der Waals surface area contributed by atoms with Gasteiger partial charge in [0, 0.05) is 19.2 Å². The second-order valence-corrected chi connectivity index (χ2v) is 6.53. The first kappa shape index (κ1) is 18.5. The summed E-state index contributed by atoms with van der Waals surface area (Å²) in [7, 11) is -2.84. The van der Waals surface area contributed by atoms with Crippen molar-refractivity contribution in [2.24, 2.45) is 5.73 Å². The number of hydrogen-bond acceptors (Lipinski definition) is 4. The topological polar surface area (TPSA) is 89.7 Å². The van der Waals surface area contributed by atoms with Gasteiger partial charge in [0.2, 0.25) is 15.9 Å². The lowest BCUT2D eigenvalue weighted by Crippen LogP contribution is -2.37. The van der Waals surface area contributed by atoms with E-state index in [1.807, 2.05) is 0 Å². The first-order valence-electron chi connectivity index (χ1n) is 6.37. The predicted octanol–water partition coefficient (Wildman–Crippen LogP) is 0.996. The summed E-state index contributed by atoms with van der Waals surface area (Å²) in [6, 6.07) is 3.75. The second-order valence-electron chi connectivity index (χ2n) is 4.59. The Morgan fingerprint density at radius 3 is 2.55 bits per heavy atom. The Morgan fingerprint density at radius 1 is 1.41 bits per heavy atom. The fourth-order valence-corrected chi connectivity index (χ4v) is 3.26. The van der Waals surface area contributed by atoms with Gasteiger partial charge in [-0.3, -0.25) is 4.79 Å². The average molecular weight is 336 g/mol. The van der Waals surface area contributed by atoms with Gasteiger partial charge in [-0.15, -0.1) is 0 Å². The summed E-state index contributed by atoms with van der Waals surface area (Å²) in [6.07, 6.45) is -2.83. The van der Waals surface area contributed by atoms with Crippen molar-refractivity contribution in [3.8, 4) is 0 Å². The molecule has 0 fully saturated rings. The first-order chi connectivity index (χ1) is 10.2. The number of halogens is 2. The summed E-state index contributed by atoms with van der Waals surface area (Å²) in [5.41, 5.74) is 5.71. The molecule has 22 heavy (non-hydrogen) atoms. The van der Waals surface area contributed by atoms with Crippen LogP contribution in [-0.4, -0.2) is 51.9 Å². The van der Waals surface area contributed by atoms with Crippen LogP contribution in [0.15, 0.2) is 23.1 Å². The Labute approximate surface area is 127 Å². The maximum Gasteiger partial charge on any atom is 0.252 e. The number of benzene rings is 1. The maximum atomic E-state index is 12.6. The van der Waals surface area contributed by atoms with Gasteiger partial charge in [-0.2, -0.15) is 4.31 Å². The highest BCUT2D eigenvalue weighted by molar-refractivity contribution is 7.89. The third kappa shape index (κ3) is 4.46. The largest absolute Gasteiger partial charge is 0.383 e. The van der Waals surface area contributed by atoms with Crippen LogP contribution in [0.5, 0.6) is 0 Å². The van der Waals surface area contributed by atoms with Crippen LogP contribution in [0.4, 0.5) is 8.78 Å². The van der Waals surface area contributed by atoms with Crippen molar-refractivity contribution >= 4 is 15.9 Å². The Kier molecular flexibility index (Phi) is 6.39. The third-order valence-corrected chi connectivity index (χ3v) is 4.86. The standard InChI is InChI=1S/C13H18F2N2O4S/c1-9-3-4-10(7-11(9)13(16)18)22(19,20)17(5-6-21-2)8-12(14)15/h3-4,7,12H,5-6,8H2,1-2H3,(H2,16,18). The van der Waals surface area contributed by atoms with Crippen LogP contribution in [0.1, 0.15) is 15.9 Å². The van der Waals surface area contributed by atoms with Crippen LogP contribution in [0, 0.1) is 6.92 Å². The quantitative estimate of drug-likeness (QED) is 0.767. The van der Waals surface area contributed by atoms with Crippen molar-refractivity contribution < 1.29 is 26.7 Å². The number of aryl methyl sites for hydroxylation is 1. The van der Waals surface area contributed by atoms with Crippen molar-refractivity contribution in [2.45, 2.75) is 18.2 Å². The molecular formula is C13H18F2N2O4S. The number of hydrogen-bond donors (Lipinski definition) is 1. The van der Waals surface area contributed by atoms with Gasteiger partial charge in [-0.05, 0) is 24.6 Å². The van der Waals surface area contributed by atoms with E-state index < -0.39 is 28.9 Å². The van der Waals surface area contributed by atoms with Crippen molar-refractivity contribution in [3.05, 3.63) is 29.3 Å². The zero-order valence-corrected chi connectivity index (χ0v) is 13.1. The van der Waals surface area contributed by atoms with Crippen molar-refractivity contribution in [1.82, 2.24) is 4.31 Å². The fraction of sp³-hybridized carbons (Fsp3) is 0.462. The minimum absolute atomic E-state index is 0.0273. The Hall–Kier alpha value is -1.58. The van der Waals surface area contributed by atoms with Gasteiger partial charge in [-0.25, -0.2) is 17.2 Å². The zero-order chi connectivity index (χ0) is 16.9. The van der Waals surface area contributed by atoms with E-state index in [1.54, 1.807) is 6.92 Å². The average Bonchev–Trinajstić information content (AvgIpc) is 2.42. The van der Waals surface area contributed by atoms with Crippen LogP contribution >= 0.6 is 0 Å². The molecule has 124 valence electrons. The Bertz CT molecular complexity index is 635. The molecule has 1 amide bonds. The highest BCUT2D eigenvalue weighted by atomic mass is 32.2. The molecule has 0 atom stereocenters. The number of carbonyl (C=O) groups excluding carboxylic acids is 1. The van der Waals surface area contributed by atoms with E-state index in [2.05, 4.69) is 0 Å². The van der Waals surface area contributed by atoms with Crippen LogP contribution in [-0.2, 0) is 14.8 Å². The molecular weight excluding hydrogens is 318 g/mol. The van der Waals surface area contributed by atoms with Gasteiger partial charge in [0.05, 0.1) is 18.0 Å². The zero-order valence-electron chi connectivity index (χ0n) is 12.3. The molecule has 0 spiro atoms. The first-order valence-corrected chi connectivity index (χ1v) is 7.81. The smallest absolute Gasteiger partial charge is 0.252 e. The summed E-state index contributed by atoms with van der Waals surface area (Å²) in [4.78, 5) is 11.0. The van der Waals surface area contributed by atoms with E-state index in [4.69, 9.17) is 10.5 Å². The monoisotopic (exact) mass is 336 g/mol. The second kappa shape index (κ2) is 7.61. The molecule has 0 aliphatic rings. The number of methoxy groups -OCH3 is 1. The van der Waals surface area contributed by atoms with E-state index in [1.165, 1.54) is 19.2 Å². The highest BCUT2D eigenvalue weighted by Crippen LogP contribution is 2.20. The molecule has 0 saturated heterocycles. The third-order valence-electron chi connectivity index (χ3n) is 3.00. The van der Waals surface area contributed by atoms with Crippen LogP contribution < -0.4 is 5.73 Å². The van der Waals surface area contributed by atoms with E-state index in [0.29, 0.717) is 9.87 Å². The normalized spacial score (nSPS) is 12.1. The summed E-state index contributed by atoms with van der Waals surface area (Å²) in [6.45, 7) is 0.396. The predicted molar refractivity (Wildman–Crippen MR) is 76.3 cm³/mol. The van der Waals surface area contributed by atoms with Crippen LogP contribution in [0.3, 0.4) is 0 Å². The molecule has 0 aliphatic carbocycles. The number of amides is 1. The van der Waals surface area contributed by atoms with Crippen molar-refractivity contribution in [3.63, 3.8) is 0 Å². The fourth-order valence-electron chi connectivity index (χ4n) is 1.83. The summed E-state index contributed by atoms with van der Waals surface area (Å²) >= 11 is 0. The van der Waals surface area contributed by atoms with E-state index >= 15 is 0 Å². The molecule has 0 aromatic heterocycles. The van der Waals surface area contributed by atoms with Gasteiger partial charge < -0.3 is 10.5 Å². The minimum atomic E-state index is -4.18. The number of carbonyl (C=O) groups is 1. The van der Waals surface area contributed by atoms with Crippen LogP contribution in [0.2, 0.25) is 0 Å². The van der Waals surface area contributed by atoms with Gasteiger partial charge >= 0.3 is 0 Å². The lowest BCUT2D eigenvalue weighted by atomic mass is 10.1. The number of primary amides is 1. The summed E-state index contributed by atoms with van der Waals surface area (Å²) < 4.78 is 55.5. The van der Waals surface area contributed by atoms with Crippen molar-refractivity contribution in [1.29, 1.82) is 0 Å². The molecule has 0 bridgehead atoms. The number of ether oxygens (including phenoxy) is 1. The molecule has 0 radical (unpaired) electrons. The van der Waals surface area contributed by atoms with E-state index in [-0.39, 0.29) is 23.6 Å². The minimum Gasteiger partial charge on any atom is -0.383 e. The van der Waals surface area contributed by atoms with Gasteiger partial charge in [0.1, 0.15) is 0 Å². The Morgan fingerprint density at radius 2 is 2.05 bits per heavy atom. The highest BCUT2D eigenvalue weighted by Gasteiger charge is 2.27. The van der Waals surface area contributed by atoms with Crippen molar-refractivity contribution in [2.75, 3.05) is 26.8 Å². The SMILES string of the molecule is COCCN(CC(F)F)S(=O)(=O)c1ccc(C)c(C(N)=O)c1. The number of nitrogens with two attached hydrogens (primary N) is 1. The molecule has 6 nitrogen and oxygen atoms in total. The molecule has 1 aromatic carbocycles. The van der Waals surface area contributed by atoms with Gasteiger partial charge in [0.15, 0.2) is 0 Å². The molecule has 9 heteroatoms. The molecule has 0 unspecified atom stereocenters. The van der Waals surface area contributed by atoms with Gasteiger partial charge in [-0.1, -0.05) is 6.07 Å². The lowest BCUT2D eigenvalue weighted by Gasteiger charge is -2.22. The van der Waals surface area contributed by atoms with E-state index in [9.17, 15) is 22.0 Å². The lowest BCUT2D eigenvalue weighted by molar-refractivity contribution is 0.0998. The summed E-state index contributed by atoms with van der Waals surface area (Å²) in [5, 5.41) is 0. The molecule has 0 heterocycles. The van der Waals surface area contributed by atoms with Gasteiger partial charge in [0.25, 0.3) is 6.43 Å². The molecule has 1 rings (SSSR count). The molecule has 0 aliphatic heterocycles. The number of rotatable bonds is 8. The van der Waals surface area contributed by atoms with Crippen LogP contribution in [0.25, 0.3) is 0 Å². The molecule has 2 N–H and O–H groups in total. The van der Waals surface area contributed by atoms with E-state index in [0.717, 1.165) is 6.07 Å².